The van der Waals surface area contributed by atoms with Gasteiger partial charge < -0.3 is 0 Å². The zero-order chi connectivity index (χ0) is 24.3. The number of hydrogen-bond acceptors (Lipinski definition) is 3. The third-order valence-corrected chi connectivity index (χ3v) is 8.07. The number of rotatable bonds is 3. The molecule has 0 spiro atoms. The van der Waals surface area contributed by atoms with Crippen molar-refractivity contribution in [1.29, 1.82) is 0 Å². The smallest absolute Gasteiger partial charge is 0.128 e. The summed E-state index contributed by atoms with van der Waals surface area (Å²) in [5, 5.41) is 7.68. The summed E-state index contributed by atoms with van der Waals surface area (Å²) in [6, 6.07) is 24.6. The van der Waals surface area contributed by atoms with Gasteiger partial charge in [0.15, 0.2) is 0 Å². The zero-order valence-electron chi connectivity index (χ0n) is 21.0. The average molecular weight is 475 g/mol. The molecule has 0 N–H and O–H groups in total. The lowest BCUT2D eigenvalue weighted by Crippen LogP contribution is -2.12. The molecular weight excluding hydrogens is 444 g/mol. The predicted octanol–water partition coefficient (Wildman–Crippen LogP) is 9.31. The quantitative estimate of drug-likeness (QED) is 0.255. The molecule has 174 valence electrons. The van der Waals surface area contributed by atoms with E-state index >= 15 is 0 Å². The molecule has 0 radical (unpaired) electrons. The predicted molar refractivity (Wildman–Crippen MR) is 153 cm³/mol. The van der Waals surface area contributed by atoms with E-state index in [0.717, 1.165) is 22.5 Å². The van der Waals surface area contributed by atoms with Crippen LogP contribution < -0.4 is 0 Å². The van der Waals surface area contributed by atoms with E-state index in [2.05, 4.69) is 101 Å². The lowest BCUT2D eigenvalue weighted by molar-refractivity contribution is 0.596. The molecular formula is C32H30N2S. The van der Waals surface area contributed by atoms with Gasteiger partial charge in [-0.1, -0.05) is 89.2 Å². The molecule has 6 aromatic rings. The summed E-state index contributed by atoms with van der Waals surface area (Å²) in [7, 11) is 0. The minimum atomic E-state index is 0.0282. The standard InChI is InChI=1S/C32H30N2S/c1-19(2)15-22-11-8-10-20-13-14-25-28-29(33-18-34-31(28)35-30(25)27(20)22)23-16-21-9-6-7-12-24(21)26(17-23)32(3,4)5/h6-14,16-19H,15H2,1-5H3. The Kier molecular flexibility index (Phi) is 5.16. The van der Waals surface area contributed by atoms with Crippen LogP contribution in [0, 0.1) is 5.92 Å². The third kappa shape index (κ3) is 3.70. The minimum Gasteiger partial charge on any atom is -0.236 e. The average Bonchev–Trinajstić information content (AvgIpc) is 3.21. The van der Waals surface area contributed by atoms with Gasteiger partial charge >= 0.3 is 0 Å². The Morgan fingerprint density at radius 3 is 2.40 bits per heavy atom. The lowest BCUT2D eigenvalue weighted by Gasteiger charge is -2.22. The van der Waals surface area contributed by atoms with E-state index in [-0.39, 0.29) is 5.41 Å². The number of benzene rings is 4. The van der Waals surface area contributed by atoms with Crippen LogP contribution in [0.15, 0.2) is 73.1 Å². The van der Waals surface area contributed by atoms with Crippen LogP contribution >= 0.6 is 11.3 Å². The molecule has 0 aliphatic heterocycles. The first-order chi connectivity index (χ1) is 16.8. The van der Waals surface area contributed by atoms with Crippen molar-refractivity contribution in [3.8, 4) is 11.3 Å². The first kappa shape index (κ1) is 22.2. The second-order valence-electron chi connectivity index (χ2n) is 11.1. The van der Waals surface area contributed by atoms with Gasteiger partial charge in [-0.05, 0) is 57.2 Å². The summed E-state index contributed by atoms with van der Waals surface area (Å²) in [4.78, 5) is 10.7. The van der Waals surface area contributed by atoms with Crippen LogP contribution in [0.1, 0.15) is 45.7 Å². The summed E-state index contributed by atoms with van der Waals surface area (Å²) in [6.07, 6.45) is 2.80. The van der Waals surface area contributed by atoms with Crippen LogP contribution in [0.4, 0.5) is 0 Å². The van der Waals surface area contributed by atoms with Gasteiger partial charge in [0.05, 0.1) is 5.69 Å². The van der Waals surface area contributed by atoms with E-state index in [4.69, 9.17) is 9.97 Å². The van der Waals surface area contributed by atoms with Crippen LogP contribution in [-0.2, 0) is 11.8 Å². The Labute approximate surface area is 210 Å². The molecule has 0 atom stereocenters. The van der Waals surface area contributed by atoms with Crippen molar-refractivity contribution in [1.82, 2.24) is 9.97 Å². The van der Waals surface area contributed by atoms with Crippen molar-refractivity contribution in [3.63, 3.8) is 0 Å². The largest absolute Gasteiger partial charge is 0.236 e. The van der Waals surface area contributed by atoms with Crippen LogP contribution in [0.5, 0.6) is 0 Å². The highest BCUT2D eigenvalue weighted by atomic mass is 32.1. The van der Waals surface area contributed by atoms with Gasteiger partial charge in [0, 0.05) is 26.4 Å². The van der Waals surface area contributed by atoms with Crippen molar-refractivity contribution in [2.75, 3.05) is 0 Å². The molecule has 0 saturated carbocycles. The maximum absolute atomic E-state index is 4.88. The molecule has 6 rings (SSSR count). The Morgan fingerprint density at radius 2 is 1.60 bits per heavy atom. The molecule has 0 unspecified atom stereocenters. The molecule has 0 bridgehead atoms. The van der Waals surface area contributed by atoms with Gasteiger partial charge in [-0.25, -0.2) is 9.97 Å². The van der Waals surface area contributed by atoms with Crippen LogP contribution in [0.25, 0.3) is 53.1 Å². The summed E-state index contributed by atoms with van der Waals surface area (Å²) < 4.78 is 1.33. The Hall–Kier alpha value is -3.30. The van der Waals surface area contributed by atoms with Gasteiger partial charge in [-0.3, -0.25) is 0 Å². The van der Waals surface area contributed by atoms with Gasteiger partial charge in [0.1, 0.15) is 11.2 Å². The monoisotopic (exact) mass is 474 g/mol. The van der Waals surface area contributed by atoms with E-state index in [0.29, 0.717) is 5.92 Å². The molecule has 0 aliphatic carbocycles. The van der Waals surface area contributed by atoms with E-state index in [1.807, 2.05) is 0 Å². The fraction of sp³-hybridized carbons (Fsp3) is 0.250. The van der Waals surface area contributed by atoms with E-state index in [1.165, 1.54) is 48.1 Å². The maximum atomic E-state index is 4.88. The fourth-order valence-corrected chi connectivity index (χ4v) is 6.64. The summed E-state index contributed by atoms with van der Waals surface area (Å²) in [5.41, 5.74) is 4.99. The first-order valence-electron chi connectivity index (χ1n) is 12.4. The second-order valence-corrected chi connectivity index (χ2v) is 12.1. The summed E-state index contributed by atoms with van der Waals surface area (Å²) in [5.74, 6) is 0.606. The highest BCUT2D eigenvalue weighted by Gasteiger charge is 2.21. The SMILES string of the molecule is CC(C)Cc1cccc2ccc3c(sc4ncnc(-c5cc(C(C)(C)C)c6ccccc6c5)c43)c12. The molecule has 2 aromatic heterocycles. The molecule has 0 aliphatic rings. The molecule has 3 heteroatoms. The number of hydrogen-bond donors (Lipinski definition) is 0. The van der Waals surface area contributed by atoms with E-state index in [9.17, 15) is 0 Å². The normalized spacial score (nSPS) is 12.5. The van der Waals surface area contributed by atoms with Gasteiger partial charge in [-0.15, -0.1) is 11.3 Å². The van der Waals surface area contributed by atoms with Gasteiger partial charge in [-0.2, -0.15) is 0 Å². The number of aromatic nitrogens is 2. The highest BCUT2D eigenvalue weighted by molar-refractivity contribution is 7.26. The summed E-state index contributed by atoms with van der Waals surface area (Å²) >= 11 is 1.80. The van der Waals surface area contributed by atoms with E-state index in [1.54, 1.807) is 17.7 Å². The van der Waals surface area contributed by atoms with Crippen molar-refractivity contribution >= 4 is 53.2 Å². The van der Waals surface area contributed by atoms with Crippen LogP contribution in [0.3, 0.4) is 0 Å². The lowest BCUT2D eigenvalue weighted by atomic mass is 9.82. The Morgan fingerprint density at radius 1 is 0.800 bits per heavy atom. The Balaban J connectivity index is 1.69. The second kappa shape index (κ2) is 8.13. The van der Waals surface area contributed by atoms with Crippen LogP contribution in [-0.4, -0.2) is 9.97 Å². The summed E-state index contributed by atoms with van der Waals surface area (Å²) in [6.45, 7) is 11.4. The molecule has 35 heavy (non-hydrogen) atoms. The van der Waals surface area contributed by atoms with Gasteiger partial charge in [0.2, 0.25) is 0 Å². The molecule has 2 heterocycles. The van der Waals surface area contributed by atoms with Gasteiger partial charge in [0.25, 0.3) is 0 Å². The number of nitrogens with zero attached hydrogens (tertiary/aromatic N) is 2. The third-order valence-electron chi connectivity index (χ3n) is 6.94. The molecule has 0 fully saturated rings. The van der Waals surface area contributed by atoms with Crippen molar-refractivity contribution in [3.05, 3.63) is 84.2 Å². The van der Waals surface area contributed by atoms with Crippen LogP contribution in [0.2, 0.25) is 0 Å². The zero-order valence-corrected chi connectivity index (χ0v) is 21.8. The maximum Gasteiger partial charge on any atom is 0.128 e. The number of thiophene rings is 1. The van der Waals surface area contributed by atoms with E-state index < -0.39 is 0 Å². The number of fused-ring (bicyclic) bond motifs is 6. The highest BCUT2D eigenvalue weighted by Crippen LogP contribution is 2.43. The molecule has 2 nitrogen and oxygen atoms in total. The van der Waals surface area contributed by atoms with Crippen molar-refractivity contribution in [2.24, 2.45) is 5.92 Å². The Bertz CT molecular complexity index is 1730. The van der Waals surface area contributed by atoms with Crippen molar-refractivity contribution in [2.45, 2.75) is 46.5 Å². The first-order valence-corrected chi connectivity index (χ1v) is 13.2. The fourth-order valence-electron chi connectivity index (χ4n) is 5.41. The topological polar surface area (TPSA) is 25.8 Å². The van der Waals surface area contributed by atoms with Crippen molar-refractivity contribution < 1.29 is 0 Å². The molecule has 0 saturated heterocycles. The molecule has 4 aromatic carbocycles. The molecule has 0 amide bonds. The minimum absolute atomic E-state index is 0.0282.